The Balaban J connectivity index is 1.43. The maximum atomic E-state index is 4.65. The summed E-state index contributed by atoms with van der Waals surface area (Å²) in [6.45, 7) is 3.88. The van der Waals surface area contributed by atoms with Crippen LogP contribution in [0.1, 0.15) is 24.5 Å². The highest BCUT2D eigenvalue weighted by Crippen LogP contribution is 2.40. The SMILES string of the molecule is c1csc(N2CCN(c3cc(C4CC4)nc4ncnn34)CC2)n1. The summed E-state index contributed by atoms with van der Waals surface area (Å²) < 4.78 is 1.87. The molecule has 0 radical (unpaired) electrons. The Bertz CT molecular complexity index is 816. The van der Waals surface area contributed by atoms with Crippen molar-refractivity contribution in [3.05, 3.63) is 29.7 Å². The lowest BCUT2D eigenvalue weighted by atomic mass is 10.2. The molecule has 1 saturated heterocycles. The molecular formula is C15H17N7S. The third-order valence-electron chi connectivity index (χ3n) is 4.54. The highest BCUT2D eigenvalue weighted by molar-refractivity contribution is 7.13. The molecule has 5 rings (SSSR count). The van der Waals surface area contributed by atoms with Crippen LogP contribution in [0.4, 0.5) is 10.9 Å². The monoisotopic (exact) mass is 327 g/mol. The minimum atomic E-state index is 0.618. The Morgan fingerprint density at radius 1 is 1.04 bits per heavy atom. The maximum absolute atomic E-state index is 4.65. The van der Waals surface area contributed by atoms with Gasteiger partial charge in [-0.1, -0.05) is 0 Å². The van der Waals surface area contributed by atoms with Crippen LogP contribution in [-0.4, -0.2) is 50.7 Å². The van der Waals surface area contributed by atoms with Crippen LogP contribution in [0.25, 0.3) is 5.78 Å². The van der Waals surface area contributed by atoms with Crippen LogP contribution in [0.5, 0.6) is 0 Å². The van der Waals surface area contributed by atoms with Gasteiger partial charge in [-0.2, -0.15) is 14.6 Å². The van der Waals surface area contributed by atoms with Crippen LogP contribution in [0, 0.1) is 0 Å². The molecule has 0 unspecified atom stereocenters. The fourth-order valence-electron chi connectivity index (χ4n) is 3.13. The fraction of sp³-hybridized carbons (Fsp3) is 0.467. The highest BCUT2D eigenvalue weighted by Gasteiger charge is 2.28. The zero-order chi connectivity index (χ0) is 15.2. The van der Waals surface area contributed by atoms with Gasteiger partial charge in [-0.05, 0) is 12.8 Å². The molecule has 3 aromatic heterocycles. The Morgan fingerprint density at radius 3 is 2.61 bits per heavy atom. The quantitative estimate of drug-likeness (QED) is 0.731. The van der Waals surface area contributed by atoms with Gasteiger partial charge in [0.05, 0.1) is 5.69 Å². The average Bonchev–Trinajstić information content (AvgIpc) is 3.11. The van der Waals surface area contributed by atoms with Crippen molar-refractivity contribution in [2.75, 3.05) is 36.0 Å². The molecule has 8 heteroatoms. The molecule has 23 heavy (non-hydrogen) atoms. The molecule has 118 valence electrons. The minimum Gasteiger partial charge on any atom is -0.353 e. The van der Waals surface area contributed by atoms with Crippen molar-refractivity contribution >= 4 is 28.1 Å². The second-order valence-electron chi connectivity index (χ2n) is 6.07. The number of piperazine rings is 1. The van der Waals surface area contributed by atoms with E-state index in [1.807, 2.05) is 16.1 Å². The Hall–Kier alpha value is -2.22. The summed E-state index contributed by atoms with van der Waals surface area (Å²) in [6.07, 6.45) is 5.95. The molecule has 1 aliphatic heterocycles. The Morgan fingerprint density at radius 2 is 1.87 bits per heavy atom. The summed E-state index contributed by atoms with van der Waals surface area (Å²) in [5, 5.41) is 7.51. The molecule has 0 aromatic carbocycles. The number of hydrogen-bond acceptors (Lipinski definition) is 7. The summed E-state index contributed by atoms with van der Waals surface area (Å²) in [6, 6.07) is 2.21. The first-order chi connectivity index (χ1) is 11.4. The topological polar surface area (TPSA) is 62.5 Å². The van der Waals surface area contributed by atoms with Crippen LogP contribution in [0.2, 0.25) is 0 Å². The summed E-state index contributed by atoms with van der Waals surface area (Å²) in [4.78, 5) is 18.1. The van der Waals surface area contributed by atoms with E-state index in [2.05, 4.69) is 35.9 Å². The van der Waals surface area contributed by atoms with E-state index in [1.165, 1.54) is 18.5 Å². The van der Waals surface area contributed by atoms with Crippen LogP contribution < -0.4 is 9.80 Å². The number of hydrogen-bond donors (Lipinski definition) is 0. The van der Waals surface area contributed by atoms with Crippen molar-refractivity contribution in [1.29, 1.82) is 0 Å². The first kappa shape index (κ1) is 13.2. The third kappa shape index (κ3) is 2.33. The molecule has 0 bridgehead atoms. The lowest BCUT2D eigenvalue weighted by molar-refractivity contribution is 0.636. The number of thiazole rings is 1. The van der Waals surface area contributed by atoms with E-state index >= 15 is 0 Å². The first-order valence-electron chi connectivity index (χ1n) is 7.98. The smallest absolute Gasteiger partial charge is 0.254 e. The van der Waals surface area contributed by atoms with Gasteiger partial charge < -0.3 is 9.80 Å². The van der Waals surface area contributed by atoms with E-state index in [1.54, 1.807) is 17.7 Å². The van der Waals surface area contributed by atoms with Crippen molar-refractivity contribution < 1.29 is 0 Å². The van der Waals surface area contributed by atoms with Crippen molar-refractivity contribution in [3.8, 4) is 0 Å². The normalized spacial score (nSPS) is 18.8. The zero-order valence-electron chi connectivity index (χ0n) is 12.7. The standard InChI is InChI=1S/C15H17N7S/c1-2-11(1)12-9-13(22-14(19-12)17-10-18-22)20-4-6-21(7-5-20)15-16-3-8-23-15/h3,8-11H,1-2,4-7H2. The lowest BCUT2D eigenvalue weighted by Gasteiger charge is -2.35. The largest absolute Gasteiger partial charge is 0.353 e. The third-order valence-corrected chi connectivity index (χ3v) is 5.37. The molecule has 0 atom stereocenters. The Kier molecular flexibility index (Phi) is 2.97. The number of rotatable bonds is 3. The second kappa shape index (κ2) is 5.16. The van der Waals surface area contributed by atoms with Crippen LogP contribution >= 0.6 is 11.3 Å². The van der Waals surface area contributed by atoms with Gasteiger partial charge in [-0.25, -0.2) is 9.97 Å². The van der Waals surface area contributed by atoms with Gasteiger partial charge >= 0.3 is 0 Å². The molecular weight excluding hydrogens is 310 g/mol. The number of aromatic nitrogens is 5. The molecule has 3 aromatic rings. The minimum absolute atomic E-state index is 0.618. The first-order valence-corrected chi connectivity index (χ1v) is 8.86. The van der Waals surface area contributed by atoms with Crippen LogP contribution in [-0.2, 0) is 0 Å². The Labute approximate surface area is 137 Å². The summed E-state index contributed by atoms with van der Waals surface area (Å²) in [7, 11) is 0. The van der Waals surface area contributed by atoms with Gasteiger partial charge in [0.1, 0.15) is 12.1 Å². The van der Waals surface area contributed by atoms with Crippen LogP contribution in [0.3, 0.4) is 0 Å². The molecule has 0 N–H and O–H groups in total. The fourth-order valence-corrected chi connectivity index (χ4v) is 3.82. The zero-order valence-corrected chi connectivity index (χ0v) is 13.5. The molecule has 2 aliphatic rings. The van der Waals surface area contributed by atoms with Crippen molar-refractivity contribution in [2.24, 2.45) is 0 Å². The average molecular weight is 327 g/mol. The van der Waals surface area contributed by atoms with E-state index in [4.69, 9.17) is 0 Å². The highest BCUT2D eigenvalue weighted by atomic mass is 32.1. The van der Waals surface area contributed by atoms with Crippen molar-refractivity contribution in [2.45, 2.75) is 18.8 Å². The van der Waals surface area contributed by atoms with Gasteiger partial charge in [-0.15, -0.1) is 11.3 Å². The molecule has 2 fully saturated rings. The molecule has 1 aliphatic carbocycles. The van der Waals surface area contributed by atoms with E-state index in [9.17, 15) is 0 Å². The number of fused-ring (bicyclic) bond motifs is 1. The number of anilines is 2. The van der Waals surface area contributed by atoms with Crippen LogP contribution in [0.15, 0.2) is 24.0 Å². The predicted octanol–water partition coefficient (Wildman–Crippen LogP) is 1.78. The van der Waals surface area contributed by atoms with Crippen molar-refractivity contribution in [1.82, 2.24) is 24.6 Å². The molecule has 4 heterocycles. The van der Waals surface area contributed by atoms with Gasteiger partial charge in [0.2, 0.25) is 0 Å². The van der Waals surface area contributed by atoms with E-state index in [-0.39, 0.29) is 0 Å². The molecule has 0 amide bonds. The van der Waals surface area contributed by atoms with Gasteiger partial charge in [0, 0.05) is 49.7 Å². The van der Waals surface area contributed by atoms with E-state index in [0.29, 0.717) is 11.7 Å². The van der Waals surface area contributed by atoms with Gasteiger partial charge in [0.15, 0.2) is 5.13 Å². The van der Waals surface area contributed by atoms with Gasteiger partial charge in [0.25, 0.3) is 5.78 Å². The van der Waals surface area contributed by atoms with E-state index < -0.39 is 0 Å². The van der Waals surface area contributed by atoms with Crippen molar-refractivity contribution in [3.63, 3.8) is 0 Å². The predicted molar refractivity (Wildman–Crippen MR) is 89.3 cm³/mol. The maximum Gasteiger partial charge on any atom is 0.254 e. The second-order valence-corrected chi connectivity index (χ2v) is 6.95. The summed E-state index contributed by atoms with van der Waals surface area (Å²) in [5.41, 5.74) is 1.17. The molecule has 7 nitrogen and oxygen atoms in total. The van der Waals surface area contributed by atoms with Gasteiger partial charge in [-0.3, -0.25) is 0 Å². The molecule has 0 spiro atoms. The van der Waals surface area contributed by atoms with E-state index in [0.717, 1.165) is 37.1 Å². The number of nitrogens with zero attached hydrogens (tertiary/aromatic N) is 7. The lowest BCUT2D eigenvalue weighted by Crippen LogP contribution is -2.47. The molecule has 1 saturated carbocycles. The summed E-state index contributed by atoms with van der Waals surface area (Å²) >= 11 is 1.70. The summed E-state index contributed by atoms with van der Waals surface area (Å²) in [5.74, 6) is 2.45.